The summed E-state index contributed by atoms with van der Waals surface area (Å²) in [6, 6.07) is 30.4. The van der Waals surface area contributed by atoms with Gasteiger partial charge in [0.25, 0.3) is 11.8 Å². The zero-order valence-electron chi connectivity index (χ0n) is 25.5. The first-order valence-electron chi connectivity index (χ1n) is 14.6. The van der Waals surface area contributed by atoms with Crippen molar-refractivity contribution in [3.05, 3.63) is 130 Å². The van der Waals surface area contributed by atoms with Crippen molar-refractivity contribution in [1.29, 1.82) is 0 Å². The number of hydrogen-bond donors (Lipinski definition) is 3. The van der Waals surface area contributed by atoms with Crippen LogP contribution >= 0.6 is 34.7 Å². The van der Waals surface area contributed by atoms with Gasteiger partial charge in [-0.3, -0.25) is 14.4 Å². The Bertz CT molecular complexity index is 1890. The molecule has 5 aromatic rings. The van der Waals surface area contributed by atoms with Crippen LogP contribution in [0.3, 0.4) is 0 Å². The molecule has 3 N–H and O–H groups in total. The summed E-state index contributed by atoms with van der Waals surface area (Å²) < 4.78 is 5.22. The summed E-state index contributed by atoms with van der Waals surface area (Å²) >= 11 is 9.10. The van der Waals surface area contributed by atoms with Crippen molar-refractivity contribution < 1.29 is 19.1 Å². The van der Waals surface area contributed by atoms with E-state index in [9.17, 15) is 14.4 Å². The van der Waals surface area contributed by atoms with Gasteiger partial charge in [0.05, 0.1) is 18.1 Å². The molecule has 0 aliphatic heterocycles. The van der Waals surface area contributed by atoms with Gasteiger partial charge < -0.3 is 20.7 Å². The maximum absolute atomic E-state index is 13.5. The third-order valence-corrected chi connectivity index (χ3v) is 9.35. The maximum atomic E-state index is 13.5. The standard InChI is InChI=1S/C36H31ClN4O4S2/c1-3-32(35(44)41-36-40-31(22-46-36)23-16-18-27(45-2)19-17-23)47-28-14-9-13-26(21-28)38-34(43)30(20-25-12-7-8-15-29(25)37)39-33(42)24-10-5-4-6-11-24/h4-22,32H,3H2,1-2H3,(H,38,43)(H,39,42)(H,40,41,44)/b30-20+. The second-order valence-corrected chi connectivity index (χ2v) is 12.7. The average Bonchev–Trinajstić information content (AvgIpc) is 3.56. The summed E-state index contributed by atoms with van der Waals surface area (Å²) in [6.07, 6.45) is 2.10. The predicted molar refractivity (Wildman–Crippen MR) is 191 cm³/mol. The summed E-state index contributed by atoms with van der Waals surface area (Å²) in [6.45, 7) is 1.94. The normalized spacial score (nSPS) is 11.8. The number of nitrogens with one attached hydrogen (secondary N) is 3. The topological polar surface area (TPSA) is 109 Å². The van der Waals surface area contributed by atoms with Crippen molar-refractivity contribution in [2.24, 2.45) is 0 Å². The van der Waals surface area contributed by atoms with Crippen LogP contribution in [0, 0.1) is 0 Å². The lowest BCUT2D eigenvalue weighted by atomic mass is 10.1. The Hall–Kier alpha value is -4.90. The number of anilines is 2. The van der Waals surface area contributed by atoms with E-state index in [0.29, 0.717) is 33.4 Å². The van der Waals surface area contributed by atoms with Gasteiger partial charge in [0.15, 0.2) is 5.13 Å². The Kier molecular flexibility index (Phi) is 11.5. The lowest BCUT2D eigenvalue weighted by molar-refractivity contribution is -0.116. The van der Waals surface area contributed by atoms with Crippen LogP contribution in [0.2, 0.25) is 5.02 Å². The highest BCUT2D eigenvalue weighted by Gasteiger charge is 2.21. The van der Waals surface area contributed by atoms with Crippen LogP contribution in [0.15, 0.2) is 119 Å². The number of benzene rings is 4. The van der Waals surface area contributed by atoms with E-state index in [4.69, 9.17) is 16.3 Å². The largest absolute Gasteiger partial charge is 0.497 e. The smallest absolute Gasteiger partial charge is 0.272 e. The summed E-state index contributed by atoms with van der Waals surface area (Å²) in [7, 11) is 1.62. The van der Waals surface area contributed by atoms with Gasteiger partial charge in [0, 0.05) is 32.1 Å². The molecule has 0 saturated heterocycles. The summed E-state index contributed by atoms with van der Waals surface area (Å²) in [4.78, 5) is 45.1. The van der Waals surface area contributed by atoms with E-state index >= 15 is 0 Å². The second kappa shape index (κ2) is 16.1. The molecule has 8 nitrogen and oxygen atoms in total. The fourth-order valence-corrected chi connectivity index (χ4v) is 6.36. The Morgan fingerprint density at radius 1 is 0.936 bits per heavy atom. The first kappa shape index (κ1) is 33.5. The Morgan fingerprint density at radius 2 is 1.68 bits per heavy atom. The molecule has 0 radical (unpaired) electrons. The first-order valence-corrected chi connectivity index (χ1v) is 16.8. The number of thiazole rings is 1. The molecule has 0 spiro atoms. The van der Waals surface area contributed by atoms with Crippen LogP contribution in [0.1, 0.15) is 29.3 Å². The van der Waals surface area contributed by atoms with Crippen LogP contribution < -0.4 is 20.7 Å². The van der Waals surface area contributed by atoms with Crippen molar-refractivity contribution in [2.45, 2.75) is 23.5 Å². The Balaban J connectivity index is 1.27. The van der Waals surface area contributed by atoms with Crippen molar-refractivity contribution in [2.75, 3.05) is 17.7 Å². The zero-order chi connectivity index (χ0) is 33.2. The molecule has 5 rings (SSSR count). The van der Waals surface area contributed by atoms with Gasteiger partial charge in [-0.25, -0.2) is 4.98 Å². The molecular weight excluding hydrogens is 652 g/mol. The third kappa shape index (κ3) is 9.10. The first-order chi connectivity index (χ1) is 22.8. The van der Waals surface area contributed by atoms with Gasteiger partial charge in [0.2, 0.25) is 5.91 Å². The van der Waals surface area contributed by atoms with Gasteiger partial charge >= 0.3 is 0 Å². The second-order valence-electron chi connectivity index (χ2n) is 10.2. The molecular formula is C36H31ClN4O4S2. The number of carbonyl (C=O) groups is 3. The van der Waals surface area contributed by atoms with Crippen molar-refractivity contribution in [3.8, 4) is 17.0 Å². The van der Waals surface area contributed by atoms with E-state index in [2.05, 4.69) is 20.9 Å². The predicted octanol–water partition coefficient (Wildman–Crippen LogP) is 8.39. The van der Waals surface area contributed by atoms with E-state index in [1.165, 1.54) is 29.2 Å². The molecule has 1 unspecified atom stereocenters. The number of nitrogens with zero attached hydrogens (tertiary/aromatic N) is 1. The molecule has 4 aromatic carbocycles. The number of carbonyl (C=O) groups excluding carboxylic acids is 3. The quantitative estimate of drug-likeness (QED) is 0.0901. The summed E-state index contributed by atoms with van der Waals surface area (Å²) in [5.41, 5.74) is 3.19. The van der Waals surface area contributed by atoms with E-state index in [0.717, 1.165) is 21.9 Å². The van der Waals surface area contributed by atoms with Crippen LogP contribution in [0.25, 0.3) is 17.3 Å². The molecule has 0 bridgehead atoms. The van der Waals surface area contributed by atoms with E-state index in [1.54, 1.807) is 79.9 Å². The summed E-state index contributed by atoms with van der Waals surface area (Å²) in [5, 5.41) is 11.0. The van der Waals surface area contributed by atoms with Gasteiger partial charge in [-0.05, 0) is 78.7 Å². The monoisotopic (exact) mass is 682 g/mol. The van der Waals surface area contributed by atoms with Gasteiger partial charge in [-0.1, -0.05) is 61.0 Å². The molecule has 1 heterocycles. The molecule has 0 saturated carbocycles. The molecule has 0 fully saturated rings. The number of ether oxygens (including phenoxy) is 1. The van der Waals surface area contributed by atoms with Gasteiger partial charge in [-0.2, -0.15) is 0 Å². The highest BCUT2D eigenvalue weighted by molar-refractivity contribution is 8.00. The van der Waals surface area contributed by atoms with Crippen molar-refractivity contribution in [3.63, 3.8) is 0 Å². The van der Waals surface area contributed by atoms with Crippen LogP contribution in [-0.2, 0) is 9.59 Å². The lowest BCUT2D eigenvalue weighted by Crippen LogP contribution is -2.30. The lowest BCUT2D eigenvalue weighted by Gasteiger charge is -2.15. The minimum absolute atomic E-state index is 0.0216. The molecule has 11 heteroatoms. The van der Waals surface area contributed by atoms with Gasteiger partial charge in [0.1, 0.15) is 11.4 Å². The van der Waals surface area contributed by atoms with E-state index in [1.807, 2.05) is 42.6 Å². The number of hydrogen-bond acceptors (Lipinski definition) is 7. The summed E-state index contributed by atoms with van der Waals surface area (Å²) in [5.74, 6) is -0.377. The highest BCUT2D eigenvalue weighted by Crippen LogP contribution is 2.31. The fraction of sp³-hybridized carbons (Fsp3) is 0.111. The van der Waals surface area contributed by atoms with Crippen LogP contribution in [0.4, 0.5) is 10.8 Å². The average molecular weight is 683 g/mol. The van der Waals surface area contributed by atoms with Crippen LogP contribution in [0.5, 0.6) is 5.75 Å². The molecule has 1 aromatic heterocycles. The Morgan fingerprint density at radius 3 is 2.40 bits per heavy atom. The number of rotatable bonds is 12. The maximum Gasteiger partial charge on any atom is 0.272 e. The highest BCUT2D eigenvalue weighted by atomic mass is 35.5. The minimum atomic E-state index is -0.530. The van der Waals surface area contributed by atoms with Crippen molar-refractivity contribution in [1.82, 2.24) is 10.3 Å². The number of aromatic nitrogens is 1. The number of amides is 3. The molecule has 0 aliphatic carbocycles. The van der Waals surface area contributed by atoms with Crippen molar-refractivity contribution >= 4 is 69.3 Å². The number of halogens is 1. The van der Waals surface area contributed by atoms with Crippen LogP contribution in [-0.4, -0.2) is 35.1 Å². The molecule has 1 atom stereocenters. The van der Waals surface area contributed by atoms with E-state index < -0.39 is 17.1 Å². The molecule has 0 aliphatic rings. The van der Waals surface area contributed by atoms with Gasteiger partial charge in [-0.15, -0.1) is 23.1 Å². The Labute approximate surface area is 286 Å². The molecule has 238 valence electrons. The molecule has 47 heavy (non-hydrogen) atoms. The number of thioether (sulfide) groups is 1. The molecule has 3 amide bonds. The minimum Gasteiger partial charge on any atom is -0.497 e. The third-order valence-electron chi connectivity index (χ3n) is 6.89. The zero-order valence-corrected chi connectivity index (χ0v) is 27.9. The fourth-order valence-electron chi connectivity index (χ4n) is 4.43. The number of methoxy groups -OCH3 is 1. The SMILES string of the molecule is CCC(Sc1cccc(NC(=O)/C(=C\c2ccccc2Cl)NC(=O)c2ccccc2)c1)C(=O)Nc1nc(-c2ccc(OC)cc2)cs1. The van der Waals surface area contributed by atoms with E-state index in [-0.39, 0.29) is 11.6 Å².